The number of hydrogen-bond acceptors (Lipinski definition) is 4. The Labute approximate surface area is 201 Å². The fourth-order valence-electron chi connectivity index (χ4n) is 4.16. The molecule has 3 aromatic rings. The van der Waals surface area contributed by atoms with Crippen LogP contribution in [0.5, 0.6) is 0 Å². The minimum Gasteiger partial charge on any atom is -0.369 e. The standard InChI is InChI=1S/C28H32N4O2/c1-22-7-5-10-26(21-22)32-19-17-31(18-20-32)16-6-15-29-27(33)24-11-13-25(14-12-24)30-28(34)23-8-3-2-4-9-23/h2-5,7-14,21H,6,15-20H2,1H3,(H,29,33)(H,30,34). The van der Waals surface area contributed by atoms with Crippen LogP contribution in [-0.2, 0) is 0 Å². The SMILES string of the molecule is Cc1cccc(N2CCN(CCCNC(=O)c3ccc(NC(=O)c4ccccc4)cc3)CC2)c1. The first kappa shape index (κ1) is 23.5. The molecule has 1 aliphatic rings. The van der Waals surface area contributed by atoms with Crippen molar-refractivity contribution in [3.63, 3.8) is 0 Å². The molecular formula is C28H32N4O2. The normalized spacial score (nSPS) is 14.0. The number of carbonyl (C=O) groups is 2. The Morgan fingerprint density at radius 1 is 0.794 bits per heavy atom. The lowest BCUT2D eigenvalue weighted by Crippen LogP contribution is -2.47. The zero-order chi connectivity index (χ0) is 23.8. The van der Waals surface area contributed by atoms with Crippen LogP contribution >= 0.6 is 0 Å². The van der Waals surface area contributed by atoms with Crippen molar-refractivity contribution in [2.75, 3.05) is 49.5 Å². The van der Waals surface area contributed by atoms with E-state index in [4.69, 9.17) is 0 Å². The minimum absolute atomic E-state index is 0.0924. The first-order valence-corrected chi connectivity index (χ1v) is 11.9. The molecule has 176 valence electrons. The Hall–Kier alpha value is -3.64. The van der Waals surface area contributed by atoms with E-state index in [0.29, 0.717) is 23.4 Å². The van der Waals surface area contributed by atoms with Gasteiger partial charge in [0.15, 0.2) is 0 Å². The quantitative estimate of drug-likeness (QED) is 0.499. The van der Waals surface area contributed by atoms with Gasteiger partial charge < -0.3 is 15.5 Å². The van der Waals surface area contributed by atoms with Crippen LogP contribution in [0.1, 0.15) is 32.7 Å². The summed E-state index contributed by atoms with van der Waals surface area (Å²) in [4.78, 5) is 29.6. The van der Waals surface area contributed by atoms with E-state index >= 15 is 0 Å². The number of nitrogens with one attached hydrogen (secondary N) is 2. The van der Waals surface area contributed by atoms with Gasteiger partial charge in [0.05, 0.1) is 0 Å². The third kappa shape index (κ3) is 6.45. The summed E-state index contributed by atoms with van der Waals surface area (Å²) in [5.74, 6) is -0.261. The lowest BCUT2D eigenvalue weighted by Gasteiger charge is -2.36. The summed E-state index contributed by atoms with van der Waals surface area (Å²) < 4.78 is 0. The van der Waals surface area contributed by atoms with E-state index in [1.165, 1.54) is 11.3 Å². The Balaban J connectivity index is 1.15. The average Bonchev–Trinajstić information content (AvgIpc) is 2.88. The molecule has 1 heterocycles. The molecule has 0 aliphatic carbocycles. The molecule has 0 saturated carbocycles. The summed E-state index contributed by atoms with van der Waals surface area (Å²) in [7, 11) is 0. The number of amides is 2. The van der Waals surface area contributed by atoms with Crippen molar-refractivity contribution in [1.29, 1.82) is 0 Å². The van der Waals surface area contributed by atoms with Gasteiger partial charge in [0.25, 0.3) is 11.8 Å². The van der Waals surface area contributed by atoms with Gasteiger partial charge in [-0.3, -0.25) is 14.5 Å². The molecule has 0 radical (unpaired) electrons. The van der Waals surface area contributed by atoms with Crippen LogP contribution in [0.3, 0.4) is 0 Å². The maximum absolute atomic E-state index is 12.5. The summed E-state index contributed by atoms with van der Waals surface area (Å²) in [5, 5.41) is 5.85. The van der Waals surface area contributed by atoms with Crippen LogP contribution in [0.4, 0.5) is 11.4 Å². The van der Waals surface area contributed by atoms with Crippen LogP contribution < -0.4 is 15.5 Å². The predicted octanol–water partition coefficient (Wildman–Crippen LogP) is 4.19. The smallest absolute Gasteiger partial charge is 0.255 e. The molecule has 0 atom stereocenters. The van der Waals surface area contributed by atoms with Crippen molar-refractivity contribution in [2.24, 2.45) is 0 Å². The number of hydrogen-bond donors (Lipinski definition) is 2. The summed E-state index contributed by atoms with van der Waals surface area (Å²) in [5.41, 5.74) is 4.44. The summed E-state index contributed by atoms with van der Waals surface area (Å²) in [6.45, 7) is 7.89. The molecule has 34 heavy (non-hydrogen) atoms. The van der Waals surface area contributed by atoms with Crippen molar-refractivity contribution in [3.8, 4) is 0 Å². The maximum atomic E-state index is 12.5. The molecule has 1 saturated heterocycles. The largest absolute Gasteiger partial charge is 0.369 e. The van der Waals surface area contributed by atoms with E-state index in [0.717, 1.165) is 39.1 Å². The highest BCUT2D eigenvalue weighted by Gasteiger charge is 2.17. The van der Waals surface area contributed by atoms with Gasteiger partial charge in [0.1, 0.15) is 0 Å². The van der Waals surface area contributed by atoms with E-state index in [2.05, 4.69) is 51.6 Å². The van der Waals surface area contributed by atoms with Crippen molar-refractivity contribution in [1.82, 2.24) is 10.2 Å². The van der Waals surface area contributed by atoms with Gasteiger partial charge in [-0.25, -0.2) is 0 Å². The fraction of sp³-hybridized carbons (Fsp3) is 0.286. The predicted molar refractivity (Wildman–Crippen MR) is 138 cm³/mol. The highest BCUT2D eigenvalue weighted by molar-refractivity contribution is 6.04. The molecule has 3 aromatic carbocycles. The van der Waals surface area contributed by atoms with Crippen LogP contribution in [0.15, 0.2) is 78.9 Å². The number of rotatable bonds is 8. The number of aryl methyl sites for hydroxylation is 1. The summed E-state index contributed by atoms with van der Waals surface area (Å²) >= 11 is 0. The minimum atomic E-state index is -0.169. The Bertz CT molecular complexity index is 1090. The van der Waals surface area contributed by atoms with Crippen LogP contribution in [-0.4, -0.2) is 56.0 Å². The molecule has 2 amide bonds. The van der Waals surface area contributed by atoms with Crippen molar-refractivity contribution in [3.05, 3.63) is 95.6 Å². The number of carbonyl (C=O) groups excluding carboxylic acids is 2. The van der Waals surface area contributed by atoms with Gasteiger partial charge in [-0.1, -0.05) is 30.3 Å². The zero-order valence-corrected chi connectivity index (χ0v) is 19.7. The fourth-order valence-corrected chi connectivity index (χ4v) is 4.16. The Morgan fingerprint density at radius 2 is 1.50 bits per heavy atom. The van der Waals surface area contributed by atoms with Crippen molar-refractivity contribution < 1.29 is 9.59 Å². The molecule has 6 heteroatoms. The monoisotopic (exact) mass is 456 g/mol. The lowest BCUT2D eigenvalue weighted by atomic mass is 10.1. The molecule has 4 rings (SSSR count). The second-order valence-corrected chi connectivity index (χ2v) is 8.67. The molecule has 0 spiro atoms. The van der Waals surface area contributed by atoms with E-state index in [1.807, 2.05) is 18.2 Å². The van der Waals surface area contributed by atoms with Gasteiger partial charge in [-0.15, -0.1) is 0 Å². The van der Waals surface area contributed by atoms with Crippen LogP contribution in [0, 0.1) is 6.92 Å². The first-order chi connectivity index (χ1) is 16.6. The molecule has 0 bridgehead atoms. The van der Waals surface area contributed by atoms with E-state index in [1.54, 1.807) is 36.4 Å². The molecule has 6 nitrogen and oxygen atoms in total. The first-order valence-electron chi connectivity index (χ1n) is 11.9. The third-order valence-electron chi connectivity index (χ3n) is 6.12. The number of piperazine rings is 1. The van der Waals surface area contributed by atoms with Crippen molar-refractivity contribution in [2.45, 2.75) is 13.3 Å². The van der Waals surface area contributed by atoms with Crippen molar-refractivity contribution >= 4 is 23.2 Å². The summed E-state index contributed by atoms with van der Waals surface area (Å²) in [6.07, 6.45) is 0.918. The Kier molecular flexibility index (Phi) is 7.94. The topological polar surface area (TPSA) is 64.7 Å². The van der Waals surface area contributed by atoms with Gasteiger partial charge in [-0.2, -0.15) is 0 Å². The summed E-state index contributed by atoms with van der Waals surface area (Å²) in [6, 6.07) is 24.7. The molecule has 1 fully saturated rings. The van der Waals surface area contributed by atoms with E-state index in [-0.39, 0.29) is 11.8 Å². The molecule has 0 aromatic heterocycles. The Morgan fingerprint density at radius 3 is 2.21 bits per heavy atom. The number of nitrogens with zero attached hydrogens (tertiary/aromatic N) is 2. The highest BCUT2D eigenvalue weighted by atomic mass is 16.2. The zero-order valence-electron chi connectivity index (χ0n) is 19.7. The maximum Gasteiger partial charge on any atom is 0.255 e. The van der Waals surface area contributed by atoms with E-state index < -0.39 is 0 Å². The highest BCUT2D eigenvalue weighted by Crippen LogP contribution is 2.18. The molecule has 2 N–H and O–H groups in total. The van der Waals surface area contributed by atoms with Crippen LogP contribution in [0.2, 0.25) is 0 Å². The van der Waals surface area contributed by atoms with Crippen LogP contribution in [0.25, 0.3) is 0 Å². The number of anilines is 2. The third-order valence-corrected chi connectivity index (χ3v) is 6.12. The second kappa shape index (κ2) is 11.5. The molecular weight excluding hydrogens is 424 g/mol. The van der Waals surface area contributed by atoms with Gasteiger partial charge >= 0.3 is 0 Å². The van der Waals surface area contributed by atoms with Gasteiger partial charge in [0, 0.05) is 55.2 Å². The van der Waals surface area contributed by atoms with E-state index in [9.17, 15) is 9.59 Å². The molecule has 1 aliphatic heterocycles. The average molecular weight is 457 g/mol. The lowest BCUT2D eigenvalue weighted by molar-refractivity contribution is 0.0951. The van der Waals surface area contributed by atoms with Gasteiger partial charge in [0.2, 0.25) is 0 Å². The number of benzene rings is 3. The second-order valence-electron chi connectivity index (χ2n) is 8.67. The molecule has 0 unspecified atom stereocenters. The van der Waals surface area contributed by atoms with Gasteiger partial charge in [-0.05, 0) is 74.0 Å².